The van der Waals surface area contributed by atoms with Gasteiger partial charge in [-0.15, -0.1) is 0 Å². The smallest absolute Gasteiger partial charge is 0.122 e. The molecule has 17 heavy (non-hydrogen) atoms. The Morgan fingerprint density at radius 1 is 1.65 bits per heavy atom. The normalized spacial score (nSPS) is 21.0. The molecular formula is C12H17N3OS. The number of hydrogen-bond donors (Lipinski definition) is 1. The zero-order chi connectivity index (χ0) is 12.3. The van der Waals surface area contributed by atoms with Crippen LogP contribution in [0.5, 0.6) is 0 Å². The van der Waals surface area contributed by atoms with Gasteiger partial charge >= 0.3 is 0 Å². The first-order chi connectivity index (χ1) is 8.16. The second-order valence-corrected chi connectivity index (χ2v) is 4.68. The molecule has 5 heteroatoms. The predicted octanol–water partition coefficient (Wildman–Crippen LogP) is 1.33. The molecule has 1 aliphatic rings. The maximum absolute atomic E-state index is 5.62. The minimum absolute atomic E-state index is 0.249. The number of pyridine rings is 1. The molecule has 2 N–H and O–H groups in total. The molecule has 1 aliphatic heterocycles. The molecule has 1 fully saturated rings. The van der Waals surface area contributed by atoms with E-state index in [0.717, 1.165) is 31.8 Å². The molecule has 0 radical (unpaired) electrons. The number of nitrogens with two attached hydrogens (primary N) is 1. The summed E-state index contributed by atoms with van der Waals surface area (Å²) in [5.74, 6) is 0. The van der Waals surface area contributed by atoms with Crippen LogP contribution >= 0.6 is 12.2 Å². The van der Waals surface area contributed by atoms with E-state index >= 15 is 0 Å². The van der Waals surface area contributed by atoms with Crippen LogP contribution in [0.25, 0.3) is 0 Å². The van der Waals surface area contributed by atoms with E-state index in [4.69, 9.17) is 22.7 Å². The molecule has 1 aromatic heterocycles. The molecular weight excluding hydrogens is 234 g/mol. The zero-order valence-corrected chi connectivity index (χ0v) is 10.7. The van der Waals surface area contributed by atoms with Crippen molar-refractivity contribution in [2.45, 2.75) is 19.4 Å². The molecule has 0 aromatic carbocycles. The lowest BCUT2D eigenvalue weighted by molar-refractivity contribution is 0.0821. The fraction of sp³-hybridized carbons (Fsp3) is 0.500. The number of aromatic nitrogens is 1. The van der Waals surface area contributed by atoms with Crippen LogP contribution in [0.4, 0.5) is 5.69 Å². The van der Waals surface area contributed by atoms with E-state index in [-0.39, 0.29) is 6.10 Å². The molecule has 0 amide bonds. The number of nitrogens with zero attached hydrogens (tertiary/aromatic N) is 2. The second kappa shape index (κ2) is 5.42. The third-order valence-electron chi connectivity index (χ3n) is 2.81. The molecule has 1 atom stereocenters. The van der Waals surface area contributed by atoms with Gasteiger partial charge in [0.25, 0.3) is 0 Å². The van der Waals surface area contributed by atoms with Crippen molar-refractivity contribution in [3.8, 4) is 0 Å². The largest absolute Gasteiger partial charge is 0.388 e. The number of ether oxygens (including phenoxy) is 1. The first-order valence-corrected chi connectivity index (χ1v) is 6.20. The highest BCUT2D eigenvalue weighted by Crippen LogP contribution is 2.18. The van der Waals surface area contributed by atoms with Gasteiger partial charge in [-0.1, -0.05) is 12.2 Å². The van der Waals surface area contributed by atoms with Crippen molar-refractivity contribution in [1.82, 2.24) is 4.98 Å². The minimum atomic E-state index is 0.249. The van der Waals surface area contributed by atoms with Crippen LogP contribution in [0.2, 0.25) is 0 Å². The Balaban J connectivity index is 2.20. The quantitative estimate of drug-likeness (QED) is 0.804. The first kappa shape index (κ1) is 12.3. The Bertz CT molecular complexity index is 410. The SMILES string of the molecule is CC1CN(c2ccnc(C(N)=S)c2)CCCO1. The standard InChI is InChI=1S/C12H17N3OS/c1-9-8-15(5-2-6-16-9)10-3-4-14-11(7-10)12(13)17/h3-4,7,9H,2,5-6,8H2,1H3,(H2,13,17). The molecule has 0 aliphatic carbocycles. The molecule has 92 valence electrons. The summed E-state index contributed by atoms with van der Waals surface area (Å²) in [6.45, 7) is 4.80. The maximum Gasteiger partial charge on any atom is 0.122 e. The summed E-state index contributed by atoms with van der Waals surface area (Å²) in [6.07, 6.45) is 3.04. The molecule has 1 unspecified atom stereocenters. The molecule has 0 spiro atoms. The number of anilines is 1. The van der Waals surface area contributed by atoms with E-state index in [0.29, 0.717) is 10.7 Å². The minimum Gasteiger partial charge on any atom is -0.388 e. The third kappa shape index (κ3) is 3.14. The fourth-order valence-electron chi connectivity index (χ4n) is 1.98. The van der Waals surface area contributed by atoms with Crippen molar-refractivity contribution >= 4 is 22.9 Å². The Hall–Kier alpha value is -1.20. The lowest BCUT2D eigenvalue weighted by Crippen LogP contribution is -2.30. The van der Waals surface area contributed by atoms with Crippen LogP contribution in [-0.4, -0.2) is 35.8 Å². The second-order valence-electron chi connectivity index (χ2n) is 4.24. The van der Waals surface area contributed by atoms with E-state index in [1.165, 1.54) is 0 Å². The summed E-state index contributed by atoms with van der Waals surface area (Å²) in [4.78, 5) is 6.78. The Kier molecular flexibility index (Phi) is 3.91. The number of rotatable bonds is 2. The molecule has 1 saturated heterocycles. The average molecular weight is 251 g/mol. The van der Waals surface area contributed by atoms with E-state index in [1.807, 2.05) is 12.1 Å². The van der Waals surface area contributed by atoms with Gasteiger partial charge in [0, 0.05) is 31.6 Å². The van der Waals surface area contributed by atoms with Gasteiger partial charge in [-0.25, -0.2) is 0 Å². The van der Waals surface area contributed by atoms with Gasteiger partial charge in [-0.2, -0.15) is 0 Å². The third-order valence-corrected chi connectivity index (χ3v) is 3.02. The lowest BCUT2D eigenvalue weighted by Gasteiger charge is -2.24. The molecule has 0 saturated carbocycles. The summed E-state index contributed by atoms with van der Waals surface area (Å²) in [6, 6.07) is 3.93. The summed E-state index contributed by atoms with van der Waals surface area (Å²) < 4.78 is 5.62. The van der Waals surface area contributed by atoms with Gasteiger partial charge in [-0.05, 0) is 25.5 Å². The summed E-state index contributed by atoms with van der Waals surface area (Å²) in [7, 11) is 0. The van der Waals surface area contributed by atoms with Gasteiger partial charge in [0.15, 0.2) is 0 Å². The van der Waals surface area contributed by atoms with E-state index in [2.05, 4.69) is 16.8 Å². The van der Waals surface area contributed by atoms with Crippen molar-refractivity contribution in [1.29, 1.82) is 0 Å². The van der Waals surface area contributed by atoms with Crippen LogP contribution in [0.1, 0.15) is 19.0 Å². The van der Waals surface area contributed by atoms with E-state index in [9.17, 15) is 0 Å². The summed E-state index contributed by atoms with van der Waals surface area (Å²) in [5.41, 5.74) is 7.38. The first-order valence-electron chi connectivity index (χ1n) is 5.79. The average Bonchev–Trinajstić information content (AvgIpc) is 2.54. The molecule has 4 nitrogen and oxygen atoms in total. The Morgan fingerprint density at radius 2 is 2.47 bits per heavy atom. The van der Waals surface area contributed by atoms with Crippen LogP contribution in [0, 0.1) is 0 Å². The van der Waals surface area contributed by atoms with Gasteiger partial charge in [0.2, 0.25) is 0 Å². The van der Waals surface area contributed by atoms with Crippen molar-refractivity contribution in [3.63, 3.8) is 0 Å². The Morgan fingerprint density at radius 3 is 3.24 bits per heavy atom. The highest BCUT2D eigenvalue weighted by Gasteiger charge is 2.15. The monoisotopic (exact) mass is 251 g/mol. The maximum atomic E-state index is 5.62. The zero-order valence-electron chi connectivity index (χ0n) is 9.93. The molecule has 0 bridgehead atoms. The van der Waals surface area contributed by atoms with Gasteiger partial charge < -0.3 is 15.4 Å². The van der Waals surface area contributed by atoms with Crippen molar-refractivity contribution < 1.29 is 4.74 Å². The topological polar surface area (TPSA) is 51.4 Å². The highest BCUT2D eigenvalue weighted by atomic mass is 32.1. The number of thiocarbonyl (C=S) groups is 1. The van der Waals surface area contributed by atoms with Crippen molar-refractivity contribution in [2.75, 3.05) is 24.6 Å². The van der Waals surface area contributed by atoms with E-state index < -0.39 is 0 Å². The van der Waals surface area contributed by atoms with Crippen LogP contribution in [0.3, 0.4) is 0 Å². The van der Waals surface area contributed by atoms with Crippen LogP contribution < -0.4 is 10.6 Å². The molecule has 2 rings (SSSR count). The van der Waals surface area contributed by atoms with Gasteiger partial charge in [0.05, 0.1) is 11.8 Å². The fourth-order valence-corrected chi connectivity index (χ4v) is 2.09. The number of hydrogen-bond acceptors (Lipinski definition) is 4. The van der Waals surface area contributed by atoms with Crippen molar-refractivity contribution in [2.24, 2.45) is 5.73 Å². The van der Waals surface area contributed by atoms with E-state index in [1.54, 1.807) is 6.20 Å². The summed E-state index contributed by atoms with van der Waals surface area (Å²) in [5, 5.41) is 0. The molecule has 2 heterocycles. The Labute approximate surface area is 107 Å². The van der Waals surface area contributed by atoms with Crippen molar-refractivity contribution in [3.05, 3.63) is 24.0 Å². The van der Waals surface area contributed by atoms with Crippen LogP contribution in [-0.2, 0) is 4.74 Å². The lowest BCUT2D eigenvalue weighted by atomic mass is 10.2. The van der Waals surface area contributed by atoms with Crippen LogP contribution in [0.15, 0.2) is 18.3 Å². The summed E-state index contributed by atoms with van der Waals surface area (Å²) >= 11 is 4.95. The van der Waals surface area contributed by atoms with Gasteiger partial charge in [0.1, 0.15) is 4.99 Å². The van der Waals surface area contributed by atoms with Gasteiger partial charge in [-0.3, -0.25) is 4.98 Å². The molecule has 1 aromatic rings. The predicted molar refractivity (Wildman–Crippen MR) is 72.4 cm³/mol. The highest BCUT2D eigenvalue weighted by molar-refractivity contribution is 7.80.